The van der Waals surface area contributed by atoms with Gasteiger partial charge in [0.15, 0.2) is 0 Å². The first-order valence-electron chi connectivity index (χ1n) is 8.20. The van der Waals surface area contributed by atoms with Crippen LogP contribution in [0.5, 0.6) is 0 Å². The van der Waals surface area contributed by atoms with E-state index < -0.39 is 23.5 Å². The van der Waals surface area contributed by atoms with Crippen molar-refractivity contribution in [1.82, 2.24) is 5.32 Å². The predicted octanol–water partition coefficient (Wildman–Crippen LogP) is 2.84. The van der Waals surface area contributed by atoms with Crippen LogP contribution in [-0.4, -0.2) is 33.3 Å². The highest BCUT2D eigenvalue weighted by molar-refractivity contribution is 8.44. The molecule has 0 aliphatic carbocycles. The lowest BCUT2D eigenvalue weighted by atomic mass is 9.82. The number of nitrogens with one attached hydrogen (secondary N) is 1. The minimum absolute atomic E-state index is 0.284. The maximum Gasteiger partial charge on any atom is 0.326 e. The number of carbonyl (C=O) groups is 2. The summed E-state index contributed by atoms with van der Waals surface area (Å²) in [6.07, 6.45) is 0.787. The summed E-state index contributed by atoms with van der Waals surface area (Å²) < 4.78 is -0.284. The van der Waals surface area contributed by atoms with Crippen molar-refractivity contribution in [1.29, 1.82) is 0 Å². The highest BCUT2D eigenvalue weighted by atomic mass is 32.7. The molecule has 0 heterocycles. The van der Waals surface area contributed by atoms with Crippen LogP contribution in [0.3, 0.4) is 0 Å². The Labute approximate surface area is 156 Å². The molecule has 5 nitrogen and oxygen atoms in total. The van der Waals surface area contributed by atoms with Crippen LogP contribution in [0.25, 0.3) is 0 Å². The third-order valence-electron chi connectivity index (χ3n) is 4.13. The number of aliphatic carboxylic acids is 1. The molecule has 25 heavy (non-hydrogen) atoms. The van der Waals surface area contributed by atoms with Crippen molar-refractivity contribution < 1.29 is 14.7 Å². The Hall–Kier alpha value is -1.10. The molecular formula is C18H29N2O3PS. The molecule has 0 saturated heterocycles. The largest absolute Gasteiger partial charge is 0.480 e. The van der Waals surface area contributed by atoms with Crippen LogP contribution in [-0.2, 0) is 16.0 Å². The van der Waals surface area contributed by atoms with Crippen molar-refractivity contribution >= 4 is 31.7 Å². The van der Waals surface area contributed by atoms with E-state index in [0.29, 0.717) is 12.8 Å². The molecule has 0 aliphatic rings. The van der Waals surface area contributed by atoms with Crippen LogP contribution in [0.4, 0.5) is 0 Å². The van der Waals surface area contributed by atoms with Crippen LogP contribution < -0.4 is 11.1 Å². The van der Waals surface area contributed by atoms with Crippen molar-refractivity contribution in [2.45, 2.75) is 56.9 Å². The maximum absolute atomic E-state index is 12.8. The fourth-order valence-corrected chi connectivity index (χ4v) is 3.11. The van der Waals surface area contributed by atoms with Crippen molar-refractivity contribution in [2.75, 3.05) is 0 Å². The Morgan fingerprint density at radius 2 is 1.80 bits per heavy atom. The fourth-order valence-electron chi connectivity index (χ4n) is 2.56. The van der Waals surface area contributed by atoms with Crippen LogP contribution in [0.1, 0.15) is 39.7 Å². The molecule has 1 unspecified atom stereocenters. The van der Waals surface area contributed by atoms with Gasteiger partial charge in [-0.2, -0.15) is 0 Å². The van der Waals surface area contributed by atoms with Gasteiger partial charge in [0, 0.05) is 10.3 Å². The Kier molecular flexibility index (Phi) is 7.91. The van der Waals surface area contributed by atoms with Gasteiger partial charge in [0.25, 0.3) is 0 Å². The summed E-state index contributed by atoms with van der Waals surface area (Å²) in [6.45, 7) is 7.47. The normalized spacial score (nSPS) is 14.6. The smallest absolute Gasteiger partial charge is 0.326 e. The molecule has 0 bridgehead atoms. The maximum atomic E-state index is 12.8. The molecule has 0 radical (unpaired) electrons. The second kappa shape index (κ2) is 9.02. The van der Waals surface area contributed by atoms with Gasteiger partial charge >= 0.3 is 5.97 Å². The Morgan fingerprint density at radius 1 is 1.24 bits per heavy atom. The van der Waals surface area contributed by atoms with E-state index in [4.69, 9.17) is 5.73 Å². The molecule has 7 heteroatoms. The average molecular weight is 384 g/mol. The van der Waals surface area contributed by atoms with Crippen molar-refractivity contribution in [3.63, 3.8) is 0 Å². The molecule has 1 amide bonds. The van der Waals surface area contributed by atoms with Crippen molar-refractivity contribution in [3.8, 4) is 0 Å². The average Bonchev–Trinajstić information content (AvgIpc) is 2.51. The van der Waals surface area contributed by atoms with Gasteiger partial charge in [0.1, 0.15) is 6.04 Å². The van der Waals surface area contributed by atoms with Gasteiger partial charge < -0.3 is 16.2 Å². The minimum Gasteiger partial charge on any atom is -0.480 e. The van der Waals surface area contributed by atoms with Crippen LogP contribution in [0.15, 0.2) is 30.3 Å². The van der Waals surface area contributed by atoms with E-state index in [2.05, 4.69) is 13.8 Å². The summed E-state index contributed by atoms with van der Waals surface area (Å²) in [6, 6.07) is 8.66. The zero-order valence-corrected chi connectivity index (χ0v) is 17.3. The second-order valence-corrected chi connectivity index (χ2v) is 9.59. The lowest BCUT2D eigenvalue weighted by Gasteiger charge is -2.32. The summed E-state index contributed by atoms with van der Waals surface area (Å²) >= 11 is 1.49. The molecule has 1 aromatic rings. The number of carbonyl (C=O) groups excluding carboxylic acids is 1. The summed E-state index contributed by atoms with van der Waals surface area (Å²) in [5, 5.41) is 12.2. The van der Waals surface area contributed by atoms with Crippen molar-refractivity contribution in [3.05, 3.63) is 35.9 Å². The highest BCUT2D eigenvalue weighted by Gasteiger charge is 2.35. The summed E-state index contributed by atoms with van der Waals surface area (Å²) in [7, 11) is 2.55. The number of carboxylic acid groups (broad SMARTS) is 1. The molecular weight excluding hydrogens is 355 g/mol. The third kappa shape index (κ3) is 7.35. The lowest BCUT2D eigenvalue weighted by molar-refractivity contribution is -0.143. The number of rotatable bonds is 9. The van der Waals surface area contributed by atoms with Gasteiger partial charge in [-0.25, -0.2) is 4.79 Å². The van der Waals surface area contributed by atoms with Crippen LogP contribution in [0, 0.1) is 5.92 Å². The van der Waals surface area contributed by atoms with E-state index in [1.54, 1.807) is 13.8 Å². The Morgan fingerprint density at radius 3 is 2.24 bits per heavy atom. The van der Waals surface area contributed by atoms with Crippen molar-refractivity contribution in [2.24, 2.45) is 11.7 Å². The van der Waals surface area contributed by atoms with E-state index in [1.165, 1.54) is 11.4 Å². The third-order valence-corrected chi connectivity index (χ3v) is 6.85. The molecule has 0 spiro atoms. The van der Waals surface area contributed by atoms with E-state index in [-0.39, 0.29) is 10.7 Å². The van der Waals surface area contributed by atoms with Gasteiger partial charge in [-0.3, -0.25) is 4.79 Å². The Balaban J connectivity index is 2.94. The molecule has 1 rings (SSSR count). The number of benzene rings is 1. The second-order valence-electron chi connectivity index (χ2n) is 7.54. The molecule has 0 saturated carbocycles. The number of nitrogens with two attached hydrogens (primary N) is 1. The number of carboxylic acids is 1. The molecule has 0 fully saturated rings. The predicted molar refractivity (Wildman–Crippen MR) is 107 cm³/mol. The van der Waals surface area contributed by atoms with Gasteiger partial charge in [-0.15, -0.1) is 11.4 Å². The Bertz CT molecular complexity index is 588. The molecule has 3 atom stereocenters. The summed E-state index contributed by atoms with van der Waals surface area (Å²) in [5.41, 5.74) is 6.44. The van der Waals surface area contributed by atoms with Gasteiger partial charge in [-0.1, -0.05) is 52.6 Å². The van der Waals surface area contributed by atoms with Crippen LogP contribution in [0.2, 0.25) is 0 Å². The first-order valence-corrected chi connectivity index (χ1v) is 10.5. The van der Waals surface area contributed by atoms with E-state index in [1.807, 2.05) is 44.2 Å². The lowest BCUT2D eigenvalue weighted by Crippen LogP contribution is -2.54. The molecule has 1 aromatic carbocycles. The molecule has 0 aliphatic heterocycles. The van der Waals surface area contributed by atoms with E-state index >= 15 is 0 Å². The number of hydrogen-bond donors (Lipinski definition) is 3. The highest BCUT2D eigenvalue weighted by Crippen LogP contribution is 2.34. The summed E-state index contributed by atoms with van der Waals surface area (Å²) in [5.74, 6) is -1.88. The molecule has 0 aromatic heterocycles. The fraction of sp³-hybridized carbons (Fsp3) is 0.556. The first kappa shape index (κ1) is 21.9. The van der Waals surface area contributed by atoms with E-state index in [0.717, 1.165) is 5.56 Å². The monoisotopic (exact) mass is 384 g/mol. The standard InChI is InChI=1S/C18H29N2O3PS/c1-17(2,25-24)11-14(16(22)23)20-15(21)13(18(3,4)19)10-12-8-6-5-7-9-12/h5-9,13-14H,10-11,19,24H2,1-4H3,(H,20,21)(H,22,23)/t13-,14-/m0/s1. The van der Waals surface area contributed by atoms with Gasteiger partial charge in [-0.05, 0) is 32.3 Å². The molecule has 4 N–H and O–H groups in total. The van der Waals surface area contributed by atoms with Crippen LogP contribution >= 0.6 is 19.8 Å². The first-order chi connectivity index (χ1) is 11.5. The number of amides is 1. The topological polar surface area (TPSA) is 92.4 Å². The SMILES string of the molecule is CC(C)(C[C@H](NC(=O)[C@H](Cc1ccccc1)C(C)(C)N)C(=O)O)SP. The van der Waals surface area contributed by atoms with E-state index in [9.17, 15) is 14.7 Å². The quantitative estimate of drug-likeness (QED) is 0.570. The van der Waals surface area contributed by atoms with Gasteiger partial charge in [0.2, 0.25) is 5.91 Å². The summed E-state index contributed by atoms with van der Waals surface area (Å²) in [4.78, 5) is 24.4. The molecule has 140 valence electrons. The zero-order chi connectivity index (χ0) is 19.3. The zero-order valence-electron chi connectivity index (χ0n) is 15.3. The number of hydrogen-bond acceptors (Lipinski definition) is 4. The van der Waals surface area contributed by atoms with Gasteiger partial charge in [0.05, 0.1) is 5.92 Å². The minimum atomic E-state index is -1.03.